The zero-order valence-corrected chi connectivity index (χ0v) is 17.1. The standard InChI is InChI=1S/C21H23N5O2S/c1-2-28-20(27)17-9-10-18(22-15-17)25-11-6-12-26(14-13-25)21-23-19(24-29-21)16-7-4-3-5-8-16/h3-5,7-10,15H,2,6,11-14H2,1H3. The summed E-state index contributed by atoms with van der Waals surface area (Å²) in [4.78, 5) is 25.5. The molecule has 8 heteroatoms. The smallest absolute Gasteiger partial charge is 0.339 e. The lowest BCUT2D eigenvalue weighted by atomic mass is 10.2. The van der Waals surface area contributed by atoms with Gasteiger partial charge in [-0.15, -0.1) is 0 Å². The molecule has 0 radical (unpaired) electrons. The summed E-state index contributed by atoms with van der Waals surface area (Å²) in [6.45, 7) is 5.69. The fraction of sp³-hybridized carbons (Fsp3) is 0.333. The maximum absolute atomic E-state index is 11.8. The van der Waals surface area contributed by atoms with E-state index in [1.54, 1.807) is 19.2 Å². The minimum Gasteiger partial charge on any atom is -0.462 e. The third kappa shape index (κ3) is 4.54. The van der Waals surface area contributed by atoms with Crippen LogP contribution in [-0.2, 0) is 4.74 Å². The Morgan fingerprint density at radius 2 is 1.86 bits per heavy atom. The van der Waals surface area contributed by atoms with Gasteiger partial charge in [-0.25, -0.2) is 9.78 Å². The Morgan fingerprint density at radius 1 is 1.07 bits per heavy atom. The van der Waals surface area contributed by atoms with E-state index in [4.69, 9.17) is 9.72 Å². The lowest BCUT2D eigenvalue weighted by Crippen LogP contribution is -2.31. The molecular formula is C21H23N5O2S. The highest BCUT2D eigenvalue weighted by molar-refractivity contribution is 7.09. The molecule has 2 aromatic heterocycles. The van der Waals surface area contributed by atoms with Crippen LogP contribution >= 0.6 is 11.5 Å². The van der Waals surface area contributed by atoms with Gasteiger partial charge in [-0.05, 0) is 25.5 Å². The van der Waals surface area contributed by atoms with Crippen LogP contribution in [-0.4, -0.2) is 53.1 Å². The molecule has 1 aliphatic rings. The number of nitrogens with zero attached hydrogens (tertiary/aromatic N) is 5. The van der Waals surface area contributed by atoms with E-state index < -0.39 is 0 Å². The zero-order valence-electron chi connectivity index (χ0n) is 16.3. The molecule has 1 fully saturated rings. The van der Waals surface area contributed by atoms with Crippen LogP contribution in [0.1, 0.15) is 23.7 Å². The number of esters is 1. The van der Waals surface area contributed by atoms with Crippen LogP contribution in [0, 0.1) is 0 Å². The molecule has 3 heterocycles. The van der Waals surface area contributed by atoms with Gasteiger partial charge in [0.05, 0.1) is 12.2 Å². The number of rotatable bonds is 5. The number of aromatic nitrogens is 3. The minimum absolute atomic E-state index is 0.334. The van der Waals surface area contributed by atoms with E-state index in [1.807, 2.05) is 36.4 Å². The van der Waals surface area contributed by atoms with Gasteiger partial charge in [0, 0.05) is 49.5 Å². The van der Waals surface area contributed by atoms with E-state index in [9.17, 15) is 4.79 Å². The van der Waals surface area contributed by atoms with Crippen molar-refractivity contribution in [3.05, 3.63) is 54.2 Å². The van der Waals surface area contributed by atoms with Crippen molar-refractivity contribution in [1.29, 1.82) is 0 Å². The topological polar surface area (TPSA) is 71.5 Å². The van der Waals surface area contributed by atoms with Gasteiger partial charge in [0.25, 0.3) is 0 Å². The first-order valence-corrected chi connectivity index (χ1v) is 10.5. The number of benzene rings is 1. The van der Waals surface area contributed by atoms with Gasteiger partial charge in [-0.2, -0.15) is 9.36 Å². The van der Waals surface area contributed by atoms with Crippen molar-refractivity contribution in [1.82, 2.24) is 14.3 Å². The summed E-state index contributed by atoms with van der Waals surface area (Å²) in [6.07, 6.45) is 2.59. The van der Waals surface area contributed by atoms with Gasteiger partial charge in [0.15, 0.2) is 5.82 Å². The number of ether oxygens (including phenoxy) is 1. The fourth-order valence-corrected chi connectivity index (χ4v) is 4.03. The summed E-state index contributed by atoms with van der Waals surface area (Å²) in [5, 5.41) is 0.955. The molecule has 29 heavy (non-hydrogen) atoms. The number of carbonyl (C=O) groups is 1. The van der Waals surface area contributed by atoms with Gasteiger partial charge in [-0.1, -0.05) is 30.3 Å². The lowest BCUT2D eigenvalue weighted by Gasteiger charge is -2.22. The molecule has 0 bridgehead atoms. The first kappa shape index (κ1) is 19.3. The lowest BCUT2D eigenvalue weighted by molar-refractivity contribution is 0.0526. The Balaban J connectivity index is 1.41. The van der Waals surface area contributed by atoms with Crippen molar-refractivity contribution >= 4 is 28.5 Å². The predicted molar refractivity (Wildman–Crippen MR) is 115 cm³/mol. The van der Waals surface area contributed by atoms with E-state index in [2.05, 4.69) is 19.2 Å². The quantitative estimate of drug-likeness (QED) is 0.597. The molecule has 3 aromatic rings. The Morgan fingerprint density at radius 3 is 2.62 bits per heavy atom. The Kier molecular flexibility index (Phi) is 6.00. The van der Waals surface area contributed by atoms with Crippen molar-refractivity contribution in [3.8, 4) is 11.4 Å². The Bertz CT molecular complexity index is 945. The third-order valence-electron chi connectivity index (χ3n) is 4.80. The summed E-state index contributed by atoms with van der Waals surface area (Å²) in [5.41, 5.74) is 1.52. The summed E-state index contributed by atoms with van der Waals surface area (Å²) in [6, 6.07) is 13.7. The highest BCUT2D eigenvalue weighted by atomic mass is 32.1. The molecule has 1 aliphatic heterocycles. The predicted octanol–water partition coefficient (Wildman–Crippen LogP) is 3.49. The van der Waals surface area contributed by atoms with Crippen LogP contribution in [0.4, 0.5) is 10.9 Å². The summed E-state index contributed by atoms with van der Waals surface area (Å²) < 4.78 is 9.55. The molecule has 0 unspecified atom stereocenters. The zero-order chi connectivity index (χ0) is 20.1. The fourth-order valence-electron chi connectivity index (χ4n) is 3.29. The molecule has 1 aromatic carbocycles. The van der Waals surface area contributed by atoms with Gasteiger partial charge < -0.3 is 14.5 Å². The maximum atomic E-state index is 11.8. The molecule has 1 saturated heterocycles. The van der Waals surface area contributed by atoms with Gasteiger partial charge in [0.2, 0.25) is 5.13 Å². The monoisotopic (exact) mass is 409 g/mol. The first-order chi connectivity index (χ1) is 14.2. The highest BCUT2D eigenvalue weighted by Gasteiger charge is 2.20. The van der Waals surface area contributed by atoms with Crippen molar-refractivity contribution in [3.63, 3.8) is 0 Å². The van der Waals surface area contributed by atoms with Crippen molar-refractivity contribution in [2.45, 2.75) is 13.3 Å². The second-order valence-corrected chi connectivity index (χ2v) is 7.45. The Hall–Kier alpha value is -3.00. The van der Waals surface area contributed by atoms with Crippen LogP contribution in [0.15, 0.2) is 48.7 Å². The third-order valence-corrected chi connectivity index (χ3v) is 5.57. The van der Waals surface area contributed by atoms with E-state index in [1.165, 1.54) is 11.5 Å². The number of pyridine rings is 1. The number of hydrogen-bond acceptors (Lipinski definition) is 8. The number of anilines is 2. The number of carbonyl (C=O) groups excluding carboxylic acids is 1. The first-order valence-electron chi connectivity index (χ1n) is 9.77. The average molecular weight is 410 g/mol. The molecule has 4 rings (SSSR count). The molecule has 0 atom stereocenters. The van der Waals surface area contributed by atoms with Crippen molar-refractivity contribution in [2.24, 2.45) is 0 Å². The van der Waals surface area contributed by atoms with Gasteiger partial charge >= 0.3 is 5.97 Å². The SMILES string of the molecule is CCOC(=O)c1ccc(N2CCCN(c3nc(-c4ccccc4)ns3)CC2)nc1. The average Bonchev–Trinajstić information content (AvgIpc) is 3.13. The van der Waals surface area contributed by atoms with Crippen LogP contribution in [0.2, 0.25) is 0 Å². The largest absolute Gasteiger partial charge is 0.462 e. The van der Waals surface area contributed by atoms with Crippen molar-refractivity contribution in [2.75, 3.05) is 42.6 Å². The van der Waals surface area contributed by atoms with E-state index in [0.717, 1.165) is 54.9 Å². The molecular weight excluding hydrogens is 386 g/mol. The highest BCUT2D eigenvalue weighted by Crippen LogP contribution is 2.25. The molecule has 0 N–H and O–H groups in total. The summed E-state index contributed by atoms with van der Waals surface area (Å²) >= 11 is 1.45. The molecule has 150 valence electrons. The second kappa shape index (κ2) is 9.00. The molecule has 0 saturated carbocycles. The molecule has 0 amide bonds. The van der Waals surface area contributed by atoms with Crippen LogP contribution in [0.25, 0.3) is 11.4 Å². The van der Waals surface area contributed by atoms with Crippen LogP contribution < -0.4 is 9.80 Å². The maximum Gasteiger partial charge on any atom is 0.339 e. The van der Waals surface area contributed by atoms with E-state index >= 15 is 0 Å². The van der Waals surface area contributed by atoms with Crippen molar-refractivity contribution < 1.29 is 9.53 Å². The molecule has 0 spiro atoms. The second-order valence-electron chi connectivity index (χ2n) is 6.72. The summed E-state index contributed by atoms with van der Waals surface area (Å²) in [5.74, 6) is 1.32. The van der Waals surface area contributed by atoms with Gasteiger partial charge in [0.1, 0.15) is 5.82 Å². The Labute approximate surface area is 174 Å². The van der Waals surface area contributed by atoms with E-state index in [0.29, 0.717) is 12.2 Å². The van der Waals surface area contributed by atoms with Gasteiger partial charge in [-0.3, -0.25) is 0 Å². The molecule has 0 aliphatic carbocycles. The van der Waals surface area contributed by atoms with E-state index in [-0.39, 0.29) is 5.97 Å². The normalized spacial score (nSPS) is 14.5. The number of hydrogen-bond donors (Lipinski definition) is 0. The van der Waals surface area contributed by atoms with Crippen LogP contribution in [0.5, 0.6) is 0 Å². The molecule has 7 nitrogen and oxygen atoms in total. The van der Waals surface area contributed by atoms with Crippen LogP contribution in [0.3, 0.4) is 0 Å². The summed E-state index contributed by atoms with van der Waals surface area (Å²) in [7, 11) is 0. The minimum atomic E-state index is -0.334.